The van der Waals surface area contributed by atoms with E-state index >= 15 is 0 Å². The number of carbonyl (C=O) groups is 2. The molecule has 1 saturated heterocycles. The Bertz CT molecular complexity index is 534. The summed E-state index contributed by atoms with van der Waals surface area (Å²) in [7, 11) is 0. The van der Waals surface area contributed by atoms with Gasteiger partial charge in [-0.05, 0) is 26.3 Å². The maximum absolute atomic E-state index is 12.0. The minimum atomic E-state index is -1.49. The molecule has 0 radical (unpaired) electrons. The van der Waals surface area contributed by atoms with Crippen LogP contribution in [0, 0.1) is 0 Å². The van der Waals surface area contributed by atoms with Crippen molar-refractivity contribution in [1.29, 1.82) is 0 Å². The third-order valence-electron chi connectivity index (χ3n) is 3.25. The summed E-state index contributed by atoms with van der Waals surface area (Å²) in [5, 5.41) is 0. The van der Waals surface area contributed by atoms with Gasteiger partial charge in [0, 0.05) is 5.56 Å². The topological polar surface area (TPSA) is 80.3 Å². The SMILES string of the molecule is CCOC(=O)C(Oc1ccccc1C1OCCCO1)C(=O)OCC. The lowest BCUT2D eigenvalue weighted by atomic mass is 10.2. The summed E-state index contributed by atoms with van der Waals surface area (Å²) in [4.78, 5) is 24.1. The van der Waals surface area contributed by atoms with Gasteiger partial charge in [0.2, 0.25) is 0 Å². The number of carbonyl (C=O) groups excluding carboxylic acids is 2. The molecule has 1 fully saturated rings. The van der Waals surface area contributed by atoms with Crippen LogP contribution in [0.5, 0.6) is 5.75 Å². The molecule has 7 nitrogen and oxygen atoms in total. The second-order valence-corrected chi connectivity index (χ2v) is 4.97. The monoisotopic (exact) mass is 338 g/mol. The Hall–Kier alpha value is -2.12. The van der Waals surface area contributed by atoms with Crippen LogP contribution in [0.15, 0.2) is 24.3 Å². The van der Waals surface area contributed by atoms with E-state index in [0.29, 0.717) is 24.5 Å². The van der Waals surface area contributed by atoms with Crippen LogP contribution in [-0.4, -0.2) is 44.5 Å². The van der Waals surface area contributed by atoms with Gasteiger partial charge in [-0.15, -0.1) is 0 Å². The number of esters is 2. The van der Waals surface area contributed by atoms with Crippen LogP contribution in [-0.2, 0) is 28.5 Å². The van der Waals surface area contributed by atoms with Gasteiger partial charge in [-0.1, -0.05) is 18.2 Å². The maximum atomic E-state index is 12.0. The fraction of sp³-hybridized carbons (Fsp3) is 0.529. The molecule has 0 amide bonds. The second kappa shape index (κ2) is 9.24. The van der Waals surface area contributed by atoms with Gasteiger partial charge in [0.15, 0.2) is 6.29 Å². The zero-order chi connectivity index (χ0) is 17.4. The average Bonchev–Trinajstić information content (AvgIpc) is 2.61. The number of benzene rings is 1. The number of ether oxygens (including phenoxy) is 5. The fourth-order valence-electron chi connectivity index (χ4n) is 2.21. The average molecular weight is 338 g/mol. The number of hydrogen-bond acceptors (Lipinski definition) is 7. The molecular formula is C17H22O7. The fourth-order valence-corrected chi connectivity index (χ4v) is 2.21. The molecule has 1 heterocycles. The van der Waals surface area contributed by atoms with Crippen molar-refractivity contribution >= 4 is 11.9 Å². The smallest absolute Gasteiger partial charge is 0.359 e. The molecule has 132 valence electrons. The molecule has 0 unspecified atom stereocenters. The van der Waals surface area contributed by atoms with E-state index < -0.39 is 24.3 Å². The molecule has 0 N–H and O–H groups in total. The largest absolute Gasteiger partial charge is 0.466 e. The van der Waals surface area contributed by atoms with Crippen LogP contribution in [0.2, 0.25) is 0 Å². The highest BCUT2D eigenvalue weighted by Crippen LogP contribution is 2.31. The normalized spacial score (nSPS) is 15.1. The molecule has 1 aliphatic rings. The van der Waals surface area contributed by atoms with Crippen LogP contribution >= 0.6 is 0 Å². The molecular weight excluding hydrogens is 316 g/mol. The Morgan fingerprint density at radius 3 is 2.25 bits per heavy atom. The van der Waals surface area contributed by atoms with E-state index in [0.717, 1.165) is 6.42 Å². The first-order valence-electron chi connectivity index (χ1n) is 7.99. The van der Waals surface area contributed by atoms with Crippen LogP contribution in [0.1, 0.15) is 32.1 Å². The summed E-state index contributed by atoms with van der Waals surface area (Å²) < 4.78 is 26.6. The first-order valence-corrected chi connectivity index (χ1v) is 7.99. The van der Waals surface area contributed by atoms with E-state index in [1.165, 1.54) is 0 Å². The van der Waals surface area contributed by atoms with E-state index in [1.54, 1.807) is 38.1 Å². The molecule has 1 aromatic rings. The summed E-state index contributed by atoms with van der Waals surface area (Å²) in [5.74, 6) is -1.28. The summed E-state index contributed by atoms with van der Waals surface area (Å²) in [6.07, 6.45) is -1.28. The van der Waals surface area contributed by atoms with Crippen molar-refractivity contribution in [2.75, 3.05) is 26.4 Å². The molecule has 24 heavy (non-hydrogen) atoms. The van der Waals surface area contributed by atoms with Gasteiger partial charge in [-0.25, -0.2) is 9.59 Å². The van der Waals surface area contributed by atoms with Crippen LogP contribution < -0.4 is 4.74 Å². The second-order valence-electron chi connectivity index (χ2n) is 4.97. The zero-order valence-electron chi connectivity index (χ0n) is 13.9. The minimum Gasteiger partial charge on any atom is -0.466 e. The molecule has 1 aromatic carbocycles. The predicted octanol–water partition coefficient (Wildman–Crippen LogP) is 2.00. The molecule has 1 aliphatic heterocycles. The summed E-state index contributed by atoms with van der Waals surface area (Å²) in [5.41, 5.74) is 0.607. The maximum Gasteiger partial charge on any atom is 0.359 e. The molecule has 0 aromatic heterocycles. The third-order valence-corrected chi connectivity index (χ3v) is 3.25. The summed E-state index contributed by atoms with van der Waals surface area (Å²) in [6.45, 7) is 4.70. The Labute approximate surface area is 140 Å². The molecule has 0 bridgehead atoms. The van der Waals surface area contributed by atoms with Gasteiger partial charge in [0.05, 0.1) is 26.4 Å². The number of rotatable bonds is 7. The van der Waals surface area contributed by atoms with Crippen molar-refractivity contribution in [3.05, 3.63) is 29.8 Å². The van der Waals surface area contributed by atoms with E-state index in [-0.39, 0.29) is 13.2 Å². The Morgan fingerprint density at radius 1 is 1.08 bits per heavy atom. The molecule has 0 atom stereocenters. The van der Waals surface area contributed by atoms with Crippen LogP contribution in [0.3, 0.4) is 0 Å². The highest BCUT2D eigenvalue weighted by atomic mass is 16.7. The molecule has 0 spiro atoms. The van der Waals surface area contributed by atoms with Gasteiger partial charge < -0.3 is 23.7 Å². The van der Waals surface area contributed by atoms with Gasteiger partial charge in [-0.2, -0.15) is 0 Å². The minimum absolute atomic E-state index is 0.134. The van der Waals surface area contributed by atoms with Gasteiger partial charge in [0.1, 0.15) is 5.75 Å². The van der Waals surface area contributed by atoms with E-state index in [2.05, 4.69) is 0 Å². The Balaban J connectivity index is 2.21. The van der Waals surface area contributed by atoms with Gasteiger partial charge in [0.25, 0.3) is 6.10 Å². The van der Waals surface area contributed by atoms with E-state index in [1.807, 2.05) is 0 Å². The predicted molar refractivity (Wildman–Crippen MR) is 83.4 cm³/mol. The Kier molecular flexibility index (Phi) is 7.02. The molecule has 0 saturated carbocycles. The lowest BCUT2D eigenvalue weighted by molar-refractivity contribution is -0.184. The zero-order valence-corrected chi connectivity index (χ0v) is 13.9. The van der Waals surface area contributed by atoms with Crippen LogP contribution in [0.4, 0.5) is 0 Å². The Morgan fingerprint density at radius 2 is 1.67 bits per heavy atom. The van der Waals surface area contributed by atoms with Gasteiger partial charge >= 0.3 is 11.9 Å². The first kappa shape index (κ1) is 18.2. The molecule has 0 aliphatic carbocycles. The highest BCUT2D eigenvalue weighted by molar-refractivity contribution is 5.98. The molecule has 2 rings (SSSR count). The van der Waals surface area contributed by atoms with Crippen molar-refractivity contribution in [3.8, 4) is 5.75 Å². The number of para-hydroxylation sites is 1. The standard InChI is InChI=1S/C17H22O7/c1-3-20-15(18)14(16(19)21-4-2)24-13-9-6-5-8-12(13)17-22-10-7-11-23-17/h5-6,8-9,14,17H,3-4,7,10-11H2,1-2H3. The van der Waals surface area contributed by atoms with Crippen molar-refractivity contribution in [2.45, 2.75) is 32.7 Å². The summed E-state index contributed by atoms with van der Waals surface area (Å²) >= 11 is 0. The van der Waals surface area contributed by atoms with Crippen molar-refractivity contribution in [2.24, 2.45) is 0 Å². The van der Waals surface area contributed by atoms with Gasteiger partial charge in [-0.3, -0.25) is 0 Å². The number of hydrogen-bond donors (Lipinski definition) is 0. The van der Waals surface area contributed by atoms with E-state index in [9.17, 15) is 9.59 Å². The summed E-state index contributed by atoms with van der Waals surface area (Å²) in [6, 6.07) is 6.93. The first-order chi connectivity index (χ1) is 11.7. The van der Waals surface area contributed by atoms with Crippen molar-refractivity contribution < 1.29 is 33.3 Å². The van der Waals surface area contributed by atoms with Crippen LogP contribution in [0.25, 0.3) is 0 Å². The lowest BCUT2D eigenvalue weighted by Crippen LogP contribution is -2.39. The highest BCUT2D eigenvalue weighted by Gasteiger charge is 2.33. The van der Waals surface area contributed by atoms with E-state index in [4.69, 9.17) is 23.7 Å². The van der Waals surface area contributed by atoms with Crippen molar-refractivity contribution in [3.63, 3.8) is 0 Å². The quantitative estimate of drug-likeness (QED) is 0.555. The third kappa shape index (κ3) is 4.69. The lowest BCUT2D eigenvalue weighted by Gasteiger charge is -2.26. The van der Waals surface area contributed by atoms with Crippen molar-refractivity contribution in [1.82, 2.24) is 0 Å². The molecule has 7 heteroatoms.